The zero-order valence-electron chi connectivity index (χ0n) is 16.4. The summed E-state index contributed by atoms with van der Waals surface area (Å²) in [6, 6.07) is 7.66. The number of ether oxygens (including phenoxy) is 2. The number of nitrogens with one attached hydrogen (secondary N) is 2. The van der Waals surface area contributed by atoms with E-state index in [9.17, 15) is 19.2 Å². The van der Waals surface area contributed by atoms with Crippen LogP contribution >= 0.6 is 23.2 Å². The van der Waals surface area contributed by atoms with Crippen molar-refractivity contribution in [1.82, 2.24) is 20.1 Å². The number of amides is 1. The molecule has 3 aromatic rings. The van der Waals surface area contributed by atoms with Crippen LogP contribution in [-0.4, -0.2) is 40.3 Å². The number of carbonyl (C=O) groups excluding carboxylic acids is 2. The number of rotatable bonds is 4. The Morgan fingerprint density at radius 2 is 1.84 bits per heavy atom. The Morgan fingerprint density at radius 3 is 2.53 bits per heavy atom. The first kappa shape index (κ1) is 21.6. The topological polar surface area (TPSA) is 132 Å². The Bertz CT molecular complexity index is 1360. The van der Waals surface area contributed by atoms with Gasteiger partial charge >= 0.3 is 11.7 Å². The summed E-state index contributed by atoms with van der Waals surface area (Å²) in [5, 5.41) is 6.61. The van der Waals surface area contributed by atoms with Crippen molar-refractivity contribution in [1.29, 1.82) is 0 Å². The van der Waals surface area contributed by atoms with Crippen LogP contribution in [0.1, 0.15) is 26.4 Å². The van der Waals surface area contributed by atoms with Crippen molar-refractivity contribution in [3.63, 3.8) is 0 Å². The minimum Gasteiger partial charge on any atom is -0.464 e. The fourth-order valence-electron chi connectivity index (χ4n) is 3.16. The van der Waals surface area contributed by atoms with Gasteiger partial charge in [0.2, 0.25) is 5.69 Å². The molecule has 1 aliphatic heterocycles. The molecule has 0 bridgehead atoms. The molecule has 2 heterocycles. The lowest BCUT2D eigenvalue weighted by Crippen LogP contribution is -2.36. The van der Waals surface area contributed by atoms with Crippen molar-refractivity contribution < 1.29 is 19.1 Å². The van der Waals surface area contributed by atoms with Gasteiger partial charge in [-0.05, 0) is 42.3 Å². The second kappa shape index (κ2) is 8.48. The number of methoxy groups -OCH3 is 1. The van der Waals surface area contributed by atoms with E-state index in [0.29, 0.717) is 24.3 Å². The minimum absolute atomic E-state index is 0.0440. The van der Waals surface area contributed by atoms with Crippen molar-refractivity contribution in [2.75, 3.05) is 13.7 Å². The summed E-state index contributed by atoms with van der Waals surface area (Å²) in [5.74, 6) is -0.633. The lowest BCUT2D eigenvalue weighted by Gasteiger charge is -2.18. The third kappa shape index (κ3) is 3.97. The molecule has 0 radical (unpaired) electrons. The molecule has 12 heteroatoms. The average molecular weight is 477 g/mol. The molecule has 32 heavy (non-hydrogen) atoms. The molecule has 0 atom stereocenters. The van der Waals surface area contributed by atoms with Crippen LogP contribution in [0.3, 0.4) is 0 Å². The molecular formula is C20H14Cl2N4O6. The molecule has 0 saturated carbocycles. The largest absolute Gasteiger partial charge is 0.464 e. The highest BCUT2D eigenvalue weighted by molar-refractivity contribution is 6.37. The fourth-order valence-corrected chi connectivity index (χ4v) is 3.71. The van der Waals surface area contributed by atoms with Gasteiger partial charge in [0.25, 0.3) is 11.5 Å². The number of fused-ring (bicyclic) bond motifs is 1. The Hall–Kier alpha value is -3.63. The Balaban J connectivity index is 1.71. The summed E-state index contributed by atoms with van der Waals surface area (Å²) in [7, 11) is 1.08. The highest BCUT2D eigenvalue weighted by Gasteiger charge is 2.20. The number of nitrogens with zero attached hydrogens (tertiary/aromatic N) is 2. The van der Waals surface area contributed by atoms with Crippen molar-refractivity contribution in [3.05, 3.63) is 78.0 Å². The zero-order chi connectivity index (χ0) is 23.0. The maximum Gasteiger partial charge on any atom is 0.364 e. The standard InChI is InChI=1S/C20H14Cl2N4O6/c1-31-19(29)15-18(28)24-20(30)26(25-15)10-7-13(21)16(14(22)8-10)32-11-2-3-12-9(6-11)4-5-23-17(12)27/h2-3,6-8H,4-5H2,1H3,(H,23,27)(H,24,28,30). The Labute approximate surface area is 189 Å². The van der Waals surface area contributed by atoms with Crippen LogP contribution in [0.25, 0.3) is 5.69 Å². The SMILES string of the molecule is COC(=O)c1nn(-c2cc(Cl)c(Oc3ccc4c(c3)CCNC4=O)c(Cl)c2)c(=O)[nH]c1=O. The van der Waals surface area contributed by atoms with Crippen LogP contribution in [0.15, 0.2) is 39.9 Å². The van der Waals surface area contributed by atoms with E-state index < -0.39 is 22.9 Å². The van der Waals surface area contributed by atoms with Gasteiger partial charge in [0.05, 0.1) is 22.8 Å². The molecule has 1 amide bonds. The molecule has 1 aromatic heterocycles. The first-order valence-corrected chi connectivity index (χ1v) is 9.94. The molecule has 2 aromatic carbocycles. The van der Waals surface area contributed by atoms with E-state index in [0.717, 1.165) is 17.4 Å². The van der Waals surface area contributed by atoms with Gasteiger partial charge in [-0.2, -0.15) is 9.78 Å². The van der Waals surface area contributed by atoms with Gasteiger partial charge in [-0.25, -0.2) is 9.59 Å². The highest BCUT2D eigenvalue weighted by atomic mass is 35.5. The summed E-state index contributed by atoms with van der Waals surface area (Å²) < 4.78 is 11.1. The smallest absolute Gasteiger partial charge is 0.364 e. The molecule has 4 rings (SSSR count). The third-order valence-electron chi connectivity index (χ3n) is 4.66. The summed E-state index contributed by atoms with van der Waals surface area (Å²) in [4.78, 5) is 49.6. The molecule has 0 spiro atoms. The number of carbonyl (C=O) groups is 2. The summed E-state index contributed by atoms with van der Waals surface area (Å²) in [6.07, 6.45) is 0.655. The van der Waals surface area contributed by atoms with Gasteiger partial charge in [0.1, 0.15) is 5.75 Å². The van der Waals surface area contributed by atoms with E-state index in [2.05, 4.69) is 15.2 Å². The number of hydrogen-bond donors (Lipinski definition) is 2. The first-order chi connectivity index (χ1) is 15.3. The lowest BCUT2D eigenvalue weighted by molar-refractivity contribution is 0.0589. The number of halogens is 2. The quantitative estimate of drug-likeness (QED) is 0.550. The fraction of sp³-hybridized carbons (Fsp3) is 0.150. The lowest BCUT2D eigenvalue weighted by atomic mass is 10.0. The predicted molar refractivity (Wildman–Crippen MR) is 114 cm³/mol. The molecule has 0 unspecified atom stereocenters. The Kier molecular flexibility index (Phi) is 5.72. The second-order valence-corrected chi connectivity index (χ2v) is 7.49. The van der Waals surface area contributed by atoms with E-state index in [1.54, 1.807) is 18.2 Å². The van der Waals surface area contributed by atoms with E-state index >= 15 is 0 Å². The number of benzene rings is 2. The second-order valence-electron chi connectivity index (χ2n) is 6.68. The predicted octanol–water partition coefficient (Wildman–Crippen LogP) is 2.09. The number of esters is 1. The van der Waals surface area contributed by atoms with Crippen molar-refractivity contribution >= 4 is 35.1 Å². The average Bonchev–Trinajstić information content (AvgIpc) is 2.76. The summed E-state index contributed by atoms with van der Waals surface area (Å²) in [5.41, 5.74) is -1.03. The molecule has 1 aliphatic rings. The van der Waals surface area contributed by atoms with Crippen LogP contribution in [0, 0.1) is 0 Å². The normalized spacial score (nSPS) is 12.7. The zero-order valence-corrected chi connectivity index (χ0v) is 17.9. The number of hydrogen-bond acceptors (Lipinski definition) is 7. The highest BCUT2D eigenvalue weighted by Crippen LogP contribution is 2.38. The van der Waals surface area contributed by atoms with E-state index in [1.165, 1.54) is 12.1 Å². The monoisotopic (exact) mass is 476 g/mol. The van der Waals surface area contributed by atoms with Gasteiger partial charge in [-0.1, -0.05) is 23.2 Å². The van der Waals surface area contributed by atoms with Crippen LogP contribution < -0.4 is 21.3 Å². The van der Waals surface area contributed by atoms with Crippen LogP contribution in [-0.2, 0) is 11.2 Å². The van der Waals surface area contributed by atoms with Crippen LogP contribution in [0.4, 0.5) is 0 Å². The van der Waals surface area contributed by atoms with Gasteiger partial charge in [-0.15, -0.1) is 0 Å². The van der Waals surface area contributed by atoms with Crippen LogP contribution in [0.5, 0.6) is 11.5 Å². The number of H-pyrrole nitrogens is 1. The minimum atomic E-state index is -1.02. The first-order valence-electron chi connectivity index (χ1n) is 9.19. The Morgan fingerprint density at radius 1 is 1.12 bits per heavy atom. The molecular weight excluding hydrogens is 463 g/mol. The molecule has 0 saturated heterocycles. The molecule has 164 valence electrons. The third-order valence-corrected chi connectivity index (χ3v) is 5.22. The molecule has 0 aliphatic carbocycles. The summed E-state index contributed by atoms with van der Waals surface area (Å²) >= 11 is 12.7. The maximum absolute atomic E-state index is 12.2. The van der Waals surface area contributed by atoms with E-state index in [1.807, 2.05) is 4.98 Å². The van der Waals surface area contributed by atoms with Crippen molar-refractivity contribution in [3.8, 4) is 17.2 Å². The van der Waals surface area contributed by atoms with Gasteiger partial charge in [-0.3, -0.25) is 14.6 Å². The number of aromatic nitrogens is 3. The van der Waals surface area contributed by atoms with Crippen molar-refractivity contribution in [2.45, 2.75) is 6.42 Å². The van der Waals surface area contributed by atoms with Crippen molar-refractivity contribution in [2.24, 2.45) is 0 Å². The van der Waals surface area contributed by atoms with Gasteiger partial charge in [0, 0.05) is 12.1 Å². The maximum atomic E-state index is 12.2. The summed E-state index contributed by atoms with van der Waals surface area (Å²) in [6.45, 7) is 0.528. The van der Waals surface area contributed by atoms with Gasteiger partial charge in [0.15, 0.2) is 5.75 Å². The van der Waals surface area contributed by atoms with Gasteiger partial charge < -0.3 is 14.8 Å². The molecule has 0 fully saturated rings. The van der Waals surface area contributed by atoms with E-state index in [4.69, 9.17) is 27.9 Å². The van der Waals surface area contributed by atoms with Crippen LogP contribution in [0.2, 0.25) is 10.0 Å². The molecule has 2 N–H and O–H groups in total. The van der Waals surface area contributed by atoms with E-state index in [-0.39, 0.29) is 27.4 Å². The number of aromatic amines is 1. The molecule has 10 nitrogen and oxygen atoms in total.